The minimum absolute atomic E-state index is 0.129. The lowest BCUT2D eigenvalue weighted by atomic mass is 9.98. The quantitative estimate of drug-likeness (QED) is 0.547. The van der Waals surface area contributed by atoms with E-state index in [4.69, 9.17) is 4.42 Å². The Hall–Kier alpha value is -3.65. The topological polar surface area (TPSA) is 112 Å². The van der Waals surface area contributed by atoms with Gasteiger partial charge in [0.1, 0.15) is 16.9 Å². The normalized spacial score (nSPS) is 16.6. The van der Waals surface area contributed by atoms with Gasteiger partial charge in [0.25, 0.3) is 0 Å². The number of aliphatic hydroxyl groups is 1. The number of para-hydroxylation sites is 1. The number of hydrogen-bond donors (Lipinski definition) is 3. The van der Waals surface area contributed by atoms with Gasteiger partial charge in [0, 0.05) is 24.0 Å². The zero-order valence-electron chi connectivity index (χ0n) is 17.6. The van der Waals surface area contributed by atoms with Crippen LogP contribution in [0.1, 0.15) is 30.2 Å². The van der Waals surface area contributed by atoms with Crippen molar-refractivity contribution < 1.29 is 23.9 Å². The van der Waals surface area contributed by atoms with Gasteiger partial charge in [-0.15, -0.1) is 0 Å². The maximum Gasteiger partial charge on any atom is 0.313 e. The maximum atomic E-state index is 12.4. The van der Waals surface area contributed by atoms with Crippen LogP contribution in [0.25, 0.3) is 11.0 Å². The molecule has 164 valence electrons. The van der Waals surface area contributed by atoms with Gasteiger partial charge in [-0.2, -0.15) is 0 Å². The van der Waals surface area contributed by atoms with Crippen LogP contribution in [-0.2, 0) is 32.8 Å². The van der Waals surface area contributed by atoms with E-state index in [0.717, 1.165) is 28.6 Å². The zero-order valence-corrected chi connectivity index (χ0v) is 17.6. The Balaban J connectivity index is 1.25. The van der Waals surface area contributed by atoms with Gasteiger partial charge in [-0.05, 0) is 55.2 Å². The van der Waals surface area contributed by atoms with Crippen LogP contribution in [0.3, 0.4) is 0 Å². The van der Waals surface area contributed by atoms with Crippen LogP contribution >= 0.6 is 0 Å². The molecule has 1 unspecified atom stereocenters. The lowest BCUT2D eigenvalue weighted by Crippen LogP contribution is -2.43. The monoisotopic (exact) mass is 433 g/mol. The molecule has 0 radical (unpaired) electrons. The Morgan fingerprint density at radius 1 is 1.09 bits per heavy atom. The van der Waals surface area contributed by atoms with Crippen molar-refractivity contribution in [3.8, 4) is 0 Å². The van der Waals surface area contributed by atoms with Gasteiger partial charge >= 0.3 is 11.8 Å². The van der Waals surface area contributed by atoms with E-state index in [0.29, 0.717) is 36.4 Å². The van der Waals surface area contributed by atoms with Crippen LogP contribution in [0.5, 0.6) is 0 Å². The number of anilines is 2. The van der Waals surface area contributed by atoms with Crippen LogP contribution in [-0.4, -0.2) is 35.9 Å². The maximum absolute atomic E-state index is 12.4. The molecule has 8 nitrogen and oxygen atoms in total. The average Bonchev–Trinajstić information content (AvgIpc) is 3.40. The molecule has 32 heavy (non-hydrogen) atoms. The van der Waals surface area contributed by atoms with Crippen LogP contribution in [0, 0.1) is 0 Å². The molecule has 1 aromatic heterocycles. The third-order valence-corrected chi connectivity index (χ3v) is 6.07. The van der Waals surface area contributed by atoms with Crippen molar-refractivity contribution >= 4 is 40.1 Å². The molecule has 0 aliphatic carbocycles. The number of amides is 3. The molecule has 0 saturated carbocycles. The molecule has 2 aliphatic heterocycles. The third kappa shape index (κ3) is 3.52. The molecule has 3 N–H and O–H groups in total. The second-order valence-corrected chi connectivity index (χ2v) is 8.50. The average molecular weight is 433 g/mol. The van der Waals surface area contributed by atoms with Crippen LogP contribution < -0.4 is 15.5 Å². The Bertz CT molecular complexity index is 1230. The highest BCUT2D eigenvalue weighted by atomic mass is 16.4. The van der Waals surface area contributed by atoms with Gasteiger partial charge in [0.2, 0.25) is 5.91 Å². The number of hydrogen-bond acceptors (Lipinski definition) is 5. The first-order valence-corrected chi connectivity index (χ1v) is 10.6. The molecule has 0 bridgehead atoms. The number of benzene rings is 2. The Labute approximate surface area is 184 Å². The zero-order chi connectivity index (χ0) is 22.5. The van der Waals surface area contributed by atoms with E-state index in [9.17, 15) is 19.5 Å². The molecule has 0 saturated heterocycles. The lowest BCUT2D eigenvalue weighted by molar-refractivity contribution is -0.136. The number of carbonyl (C=O) groups is 3. The molecule has 3 aromatic rings. The second-order valence-electron chi connectivity index (χ2n) is 8.50. The van der Waals surface area contributed by atoms with Gasteiger partial charge in [-0.25, -0.2) is 0 Å². The van der Waals surface area contributed by atoms with Crippen molar-refractivity contribution in [2.45, 2.75) is 31.8 Å². The number of furan rings is 1. The second kappa shape index (κ2) is 7.49. The van der Waals surface area contributed by atoms with Gasteiger partial charge in [-0.3, -0.25) is 14.4 Å². The van der Waals surface area contributed by atoms with E-state index in [2.05, 4.69) is 10.6 Å². The minimum atomic E-state index is -1.48. The highest BCUT2D eigenvalue weighted by Crippen LogP contribution is 2.38. The molecule has 0 spiro atoms. The fourth-order valence-corrected chi connectivity index (χ4v) is 4.38. The number of carbonyl (C=O) groups excluding carboxylic acids is 3. The predicted molar refractivity (Wildman–Crippen MR) is 118 cm³/mol. The molecule has 3 amide bonds. The smallest absolute Gasteiger partial charge is 0.313 e. The largest absolute Gasteiger partial charge is 0.458 e. The fourth-order valence-electron chi connectivity index (χ4n) is 4.38. The standard InChI is InChI=1S/C24H23N3O5/c1-24(31,19-12-14-4-2-3-5-18(14)32-19)13-25-22(29)23(30)26-17-10-15-6-7-20(28)27-9-8-16(11-17)21(15)27/h2-5,10-12,31H,6-9,13H2,1H3,(H,25,29)(H,26,30). The van der Waals surface area contributed by atoms with E-state index < -0.39 is 17.4 Å². The van der Waals surface area contributed by atoms with Crippen molar-refractivity contribution in [3.63, 3.8) is 0 Å². The van der Waals surface area contributed by atoms with E-state index in [1.165, 1.54) is 6.92 Å². The molecule has 3 heterocycles. The summed E-state index contributed by atoms with van der Waals surface area (Å²) in [4.78, 5) is 38.7. The molecule has 2 aromatic carbocycles. The number of nitrogens with zero attached hydrogens (tertiary/aromatic N) is 1. The van der Waals surface area contributed by atoms with E-state index in [1.54, 1.807) is 17.0 Å². The molecule has 1 atom stereocenters. The summed E-state index contributed by atoms with van der Waals surface area (Å²) in [6.45, 7) is 1.97. The summed E-state index contributed by atoms with van der Waals surface area (Å²) < 4.78 is 5.68. The van der Waals surface area contributed by atoms with E-state index >= 15 is 0 Å². The van der Waals surface area contributed by atoms with Crippen molar-refractivity contribution in [1.82, 2.24) is 5.32 Å². The first-order chi connectivity index (χ1) is 15.3. The van der Waals surface area contributed by atoms with Crippen molar-refractivity contribution in [1.29, 1.82) is 0 Å². The van der Waals surface area contributed by atoms with Gasteiger partial charge in [0.05, 0.1) is 12.2 Å². The van der Waals surface area contributed by atoms with Gasteiger partial charge < -0.3 is 25.1 Å². The summed E-state index contributed by atoms with van der Waals surface area (Å²) in [6.07, 6.45) is 1.79. The van der Waals surface area contributed by atoms with Crippen LogP contribution in [0.15, 0.2) is 46.9 Å². The molecule has 8 heteroatoms. The van der Waals surface area contributed by atoms with E-state index in [-0.39, 0.29) is 12.5 Å². The van der Waals surface area contributed by atoms with Crippen molar-refractivity contribution in [3.05, 3.63) is 59.4 Å². The third-order valence-electron chi connectivity index (χ3n) is 6.07. The Morgan fingerprint density at radius 3 is 2.62 bits per heavy atom. The van der Waals surface area contributed by atoms with E-state index in [1.807, 2.05) is 30.3 Å². The molecule has 5 rings (SSSR count). The molecular weight excluding hydrogens is 410 g/mol. The van der Waals surface area contributed by atoms with Crippen LogP contribution in [0.4, 0.5) is 11.4 Å². The molecule has 0 fully saturated rings. The Morgan fingerprint density at radius 2 is 1.84 bits per heavy atom. The Kier molecular flexibility index (Phi) is 4.74. The summed E-state index contributed by atoms with van der Waals surface area (Å²) in [6, 6.07) is 12.7. The lowest BCUT2D eigenvalue weighted by Gasteiger charge is -2.25. The first kappa shape index (κ1) is 20.3. The number of nitrogens with one attached hydrogen (secondary N) is 2. The highest BCUT2D eigenvalue weighted by Gasteiger charge is 2.32. The summed E-state index contributed by atoms with van der Waals surface area (Å²) in [5.74, 6) is -1.24. The van der Waals surface area contributed by atoms with Crippen LogP contribution in [0.2, 0.25) is 0 Å². The van der Waals surface area contributed by atoms with Gasteiger partial charge in [0.15, 0.2) is 0 Å². The van der Waals surface area contributed by atoms with Crippen molar-refractivity contribution in [2.75, 3.05) is 23.3 Å². The summed E-state index contributed by atoms with van der Waals surface area (Å²) in [5.41, 5.74) is 2.63. The first-order valence-electron chi connectivity index (χ1n) is 10.6. The summed E-state index contributed by atoms with van der Waals surface area (Å²) >= 11 is 0. The minimum Gasteiger partial charge on any atom is -0.458 e. The molecular formula is C24H23N3O5. The SMILES string of the molecule is CC(O)(CNC(=O)C(=O)Nc1cc2c3c(c1)CCN3C(=O)CC2)c1cc2ccccc2o1. The number of aryl methyl sites for hydroxylation is 1. The fraction of sp³-hybridized carbons (Fsp3) is 0.292. The summed E-state index contributed by atoms with van der Waals surface area (Å²) in [7, 11) is 0. The summed E-state index contributed by atoms with van der Waals surface area (Å²) in [5, 5.41) is 16.7. The number of fused-ring (bicyclic) bond motifs is 1. The number of rotatable bonds is 4. The molecule has 2 aliphatic rings. The van der Waals surface area contributed by atoms with Gasteiger partial charge in [-0.1, -0.05) is 18.2 Å². The highest BCUT2D eigenvalue weighted by molar-refractivity contribution is 6.39. The van der Waals surface area contributed by atoms with Crippen molar-refractivity contribution in [2.24, 2.45) is 0 Å². The predicted octanol–water partition coefficient (Wildman–Crippen LogP) is 2.23.